The summed E-state index contributed by atoms with van der Waals surface area (Å²) >= 11 is 0. The summed E-state index contributed by atoms with van der Waals surface area (Å²) in [6, 6.07) is 6.37. The van der Waals surface area contributed by atoms with E-state index in [-0.39, 0.29) is 19.3 Å². The summed E-state index contributed by atoms with van der Waals surface area (Å²) in [5, 5.41) is 31.5. The van der Waals surface area contributed by atoms with Crippen LogP contribution in [0.5, 0.6) is 0 Å². The quantitative estimate of drug-likeness (QED) is 0.364. The Kier molecular flexibility index (Phi) is 8.07. The molecule has 9 heteroatoms. The van der Waals surface area contributed by atoms with Crippen LogP contribution >= 0.6 is 0 Å². The summed E-state index contributed by atoms with van der Waals surface area (Å²) in [5.74, 6) is -4.33. The predicted octanol–water partition coefficient (Wildman–Crippen LogP) is -0.294. The standard InChI is InChI=1S/C16H20N2O7/c19-13(9-17-11(15(22)23)6-7-14(20)21)18-12(16(24)25)8-10-4-2-1-3-5-10/h1-5,11-12,17H,6-9H2,(H,18,19)(H,20,21)(H,22,23)(H,24,25)/t11-,12-/m0/s1. The van der Waals surface area contributed by atoms with Crippen molar-refractivity contribution in [2.45, 2.75) is 31.3 Å². The zero-order valence-electron chi connectivity index (χ0n) is 13.3. The van der Waals surface area contributed by atoms with E-state index in [1.165, 1.54) is 0 Å². The maximum Gasteiger partial charge on any atom is 0.326 e. The third-order valence-electron chi connectivity index (χ3n) is 3.37. The Hall–Kier alpha value is -2.94. The molecule has 0 radical (unpaired) electrons. The first-order valence-corrected chi connectivity index (χ1v) is 7.53. The Labute approximate surface area is 143 Å². The number of carboxylic acids is 3. The molecule has 0 heterocycles. The lowest BCUT2D eigenvalue weighted by atomic mass is 10.1. The van der Waals surface area contributed by atoms with E-state index in [1.54, 1.807) is 30.3 Å². The highest BCUT2D eigenvalue weighted by Gasteiger charge is 2.23. The fourth-order valence-corrected chi connectivity index (χ4v) is 2.09. The Morgan fingerprint density at radius 3 is 2.04 bits per heavy atom. The summed E-state index contributed by atoms with van der Waals surface area (Å²) in [6.07, 6.45) is -0.467. The average molecular weight is 352 g/mol. The maximum atomic E-state index is 11.9. The van der Waals surface area contributed by atoms with Crippen LogP contribution in [-0.2, 0) is 25.6 Å². The number of carboxylic acid groups (broad SMARTS) is 3. The van der Waals surface area contributed by atoms with Crippen molar-refractivity contribution < 1.29 is 34.5 Å². The number of benzene rings is 1. The SMILES string of the molecule is O=C(O)CC[C@H](NCC(=O)N[C@@H](Cc1ccccc1)C(=O)O)C(=O)O. The van der Waals surface area contributed by atoms with Gasteiger partial charge in [0, 0.05) is 12.8 Å². The van der Waals surface area contributed by atoms with Crippen LogP contribution < -0.4 is 10.6 Å². The normalized spacial score (nSPS) is 12.8. The number of amides is 1. The van der Waals surface area contributed by atoms with E-state index < -0.39 is 42.4 Å². The molecular formula is C16H20N2O7. The molecule has 136 valence electrons. The molecule has 1 aromatic rings. The lowest BCUT2D eigenvalue weighted by Gasteiger charge is -2.17. The predicted molar refractivity (Wildman–Crippen MR) is 86.0 cm³/mol. The summed E-state index contributed by atoms with van der Waals surface area (Å²) in [7, 11) is 0. The number of rotatable bonds is 11. The van der Waals surface area contributed by atoms with Crippen molar-refractivity contribution in [3.8, 4) is 0 Å². The van der Waals surface area contributed by atoms with Gasteiger partial charge in [0.1, 0.15) is 12.1 Å². The molecule has 2 atom stereocenters. The van der Waals surface area contributed by atoms with Crippen LogP contribution in [0.15, 0.2) is 30.3 Å². The first-order chi connectivity index (χ1) is 11.8. The van der Waals surface area contributed by atoms with Gasteiger partial charge >= 0.3 is 17.9 Å². The first kappa shape index (κ1) is 20.1. The molecule has 0 saturated heterocycles. The molecule has 5 N–H and O–H groups in total. The van der Waals surface area contributed by atoms with Crippen molar-refractivity contribution in [1.82, 2.24) is 10.6 Å². The fourth-order valence-electron chi connectivity index (χ4n) is 2.09. The Morgan fingerprint density at radius 2 is 1.52 bits per heavy atom. The number of aliphatic carboxylic acids is 3. The molecule has 0 aliphatic heterocycles. The van der Waals surface area contributed by atoms with E-state index in [0.717, 1.165) is 5.56 Å². The molecule has 0 bridgehead atoms. The Morgan fingerprint density at radius 1 is 0.920 bits per heavy atom. The number of hydrogen-bond acceptors (Lipinski definition) is 5. The second-order valence-electron chi connectivity index (χ2n) is 5.35. The second kappa shape index (κ2) is 10.0. The van der Waals surface area contributed by atoms with Crippen LogP contribution in [0, 0.1) is 0 Å². The summed E-state index contributed by atoms with van der Waals surface area (Å²) in [6.45, 7) is -0.435. The molecule has 1 rings (SSSR count). The topological polar surface area (TPSA) is 153 Å². The van der Waals surface area contributed by atoms with Crippen LogP contribution in [0.3, 0.4) is 0 Å². The van der Waals surface area contributed by atoms with E-state index in [0.29, 0.717) is 0 Å². The number of carbonyl (C=O) groups is 4. The molecule has 1 amide bonds. The number of carbonyl (C=O) groups excluding carboxylic acids is 1. The minimum Gasteiger partial charge on any atom is -0.481 e. The second-order valence-corrected chi connectivity index (χ2v) is 5.35. The van der Waals surface area contributed by atoms with Crippen molar-refractivity contribution >= 4 is 23.8 Å². The molecule has 0 unspecified atom stereocenters. The Bertz CT molecular complexity index is 618. The van der Waals surface area contributed by atoms with Crippen LogP contribution in [-0.4, -0.2) is 57.8 Å². The minimum absolute atomic E-state index is 0.0866. The summed E-state index contributed by atoms with van der Waals surface area (Å²) in [4.78, 5) is 44.6. The molecule has 25 heavy (non-hydrogen) atoms. The smallest absolute Gasteiger partial charge is 0.326 e. The highest BCUT2D eigenvalue weighted by Crippen LogP contribution is 2.03. The fraction of sp³-hybridized carbons (Fsp3) is 0.375. The molecule has 0 aliphatic rings. The largest absolute Gasteiger partial charge is 0.481 e. The molecule has 0 aromatic heterocycles. The minimum atomic E-state index is -1.28. The van der Waals surface area contributed by atoms with E-state index in [9.17, 15) is 24.3 Å². The monoisotopic (exact) mass is 352 g/mol. The highest BCUT2D eigenvalue weighted by atomic mass is 16.4. The third kappa shape index (κ3) is 7.93. The van der Waals surface area contributed by atoms with Gasteiger partial charge in [-0.05, 0) is 12.0 Å². The van der Waals surface area contributed by atoms with Crippen molar-refractivity contribution in [1.29, 1.82) is 0 Å². The van der Waals surface area contributed by atoms with E-state index in [4.69, 9.17) is 10.2 Å². The molecule has 1 aromatic carbocycles. The highest BCUT2D eigenvalue weighted by molar-refractivity contribution is 5.85. The van der Waals surface area contributed by atoms with Crippen molar-refractivity contribution in [3.63, 3.8) is 0 Å². The molecular weight excluding hydrogens is 332 g/mol. The summed E-state index contributed by atoms with van der Waals surface area (Å²) < 4.78 is 0. The van der Waals surface area contributed by atoms with Gasteiger partial charge in [0.25, 0.3) is 0 Å². The van der Waals surface area contributed by atoms with Crippen molar-refractivity contribution in [3.05, 3.63) is 35.9 Å². The Balaban J connectivity index is 2.55. The molecule has 0 aliphatic carbocycles. The molecule has 0 saturated carbocycles. The number of nitrogens with one attached hydrogen (secondary N) is 2. The number of hydrogen-bond donors (Lipinski definition) is 5. The molecule has 0 spiro atoms. The van der Waals surface area contributed by atoms with Gasteiger partial charge in [0.2, 0.25) is 5.91 Å². The van der Waals surface area contributed by atoms with Crippen LogP contribution in [0.25, 0.3) is 0 Å². The average Bonchev–Trinajstić information content (AvgIpc) is 2.54. The van der Waals surface area contributed by atoms with E-state index in [1.807, 2.05) is 0 Å². The van der Waals surface area contributed by atoms with Crippen molar-refractivity contribution in [2.24, 2.45) is 0 Å². The first-order valence-electron chi connectivity index (χ1n) is 7.53. The molecule has 9 nitrogen and oxygen atoms in total. The maximum absolute atomic E-state index is 11.9. The van der Waals surface area contributed by atoms with Crippen molar-refractivity contribution in [2.75, 3.05) is 6.54 Å². The molecule has 0 fully saturated rings. The van der Waals surface area contributed by atoms with Gasteiger partial charge in [-0.15, -0.1) is 0 Å². The van der Waals surface area contributed by atoms with E-state index >= 15 is 0 Å². The van der Waals surface area contributed by atoms with Gasteiger partial charge in [-0.3, -0.25) is 19.7 Å². The van der Waals surface area contributed by atoms with Gasteiger partial charge in [0.15, 0.2) is 0 Å². The van der Waals surface area contributed by atoms with Gasteiger partial charge < -0.3 is 20.6 Å². The lowest BCUT2D eigenvalue weighted by Crippen LogP contribution is -2.48. The van der Waals surface area contributed by atoms with Gasteiger partial charge in [-0.25, -0.2) is 4.79 Å². The van der Waals surface area contributed by atoms with Gasteiger partial charge in [-0.2, -0.15) is 0 Å². The van der Waals surface area contributed by atoms with Gasteiger partial charge in [-0.1, -0.05) is 30.3 Å². The third-order valence-corrected chi connectivity index (χ3v) is 3.37. The van der Waals surface area contributed by atoms with E-state index in [2.05, 4.69) is 10.6 Å². The van der Waals surface area contributed by atoms with Crippen LogP contribution in [0.1, 0.15) is 18.4 Å². The van der Waals surface area contributed by atoms with Gasteiger partial charge in [0.05, 0.1) is 6.54 Å². The lowest BCUT2D eigenvalue weighted by molar-refractivity contribution is -0.143. The summed E-state index contributed by atoms with van der Waals surface area (Å²) in [5.41, 5.74) is 0.730. The van der Waals surface area contributed by atoms with Crippen LogP contribution in [0.4, 0.5) is 0 Å². The van der Waals surface area contributed by atoms with Crippen LogP contribution in [0.2, 0.25) is 0 Å². The zero-order chi connectivity index (χ0) is 18.8. The zero-order valence-corrected chi connectivity index (χ0v) is 13.3.